The zero-order valence-electron chi connectivity index (χ0n) is 4.66. The van der Waals surface area contributed by atoms with Gasteiger partial charge in [-0.2, -0.15) is 0 Å². The van der Waals surface area contributed by atoms with Crippen LogP contribution in [-0.2, 0) is 4.79 Å². The second-order valence-electron chi connectivity index (χ2n) is 1.82. The predicted octanol–water partition coefficient (Wildman–Crippen LogP) is 2.02. The van der Waals surface area contributed by atoms with Gasteiger partial charge in [0, 0.05) is 12.3 Å². The maximum absolute atomic E-state index is 10.1. The van der Waals surface area contributed by atoms with Crippen LogP contribution in [0.3, 0.4) is 0 Å². The first kappa shape index (κ1) is 8.25. The van der Waals surface area contributed by atoms with Gasteiger partial charge in [0.15, 0.2) is 0 Å². The van der Waals surface area contributed by atoms with Crippen LogP contribution in [0.5, 0.6) is 0 Å². The SMILES string of the molecule is CC(CCl)CC(=O)Cl. The molecule has 0 aromatic heterocycles. The van der Waals surface area contributed by atoms with Crippen molar-refractivity contribution in [3.8, 4) is 0 Å². The molecule has 0 saturated carbocycles. The number of hydrogen-bond acceptors (Lipinski definition) is 1. The van der Waals surface area contributed by atoms with Gasteiger partial charge >= 0.3 is 0 Å². The van der Waals surface area contributed by atoms with Crippen LogP contribution in [-0.4, -0.2) is 11.1 Å². The molecule has 0 aromatic carbocycles. The summed E-state index contributed by atoms with van der Waals surface area (Å²) >= 11 is 10.4. The summed E-state index contributed by atoms with van der Waals surface area (Å²) in [7, 11) is 0. The predicted molar refractivity (Wildman–Crippen MR) is 35.4 cm³/mol. The van der Waals surface area contributed by atoms with Gasteiger partial charge in [0.25, 0.3) is 0 Å². The highest BCUT2D eigenvalue weighted by Gasteiger charge is 2.03. The van der Waals surface area contributed by atoms with Gasteiger partial charge < -0.3 is 0 Å². The lowest BCUT2D eigenvalue weighted by molar-refractivity contribution is -0.112. The van der Waals surface area contributed by atoms with Crippen LogP contribution in [0, 0.1) is 5.92 Å². The highest BCUT2D eigenvalue weighted by atomic mass is 35.5. The number of rotatable bonds is 3. The molecule has 0 amide bonds. The zero-order chi connectivity index (χ0) is 6.57. The Morgan fingerprint density at radius 1 is 1.75 bits per heavy atom. The van der Waals surface area contributed by atoms with Gasteiger partial charge in [-0.05, 0) is 17.5 Å². The molecule has 0 radical (unpaired) electrons. The zero-order valence-corrected chi connectivity index (χ0v) is 6.17. The molecule has 1 unspecified atom stereocenters. The number of halogens is 2. The van der Waals surface area contributed by atoms with E-state index in [4.69, 9.17) is 23.2 Å². The van der Waals surface area contributed by atoms with Crippen molar-refractivity contribution in [2.75, 3.05) is 5.88 Å². The van der Waals surface area contributed by atoms with Crippen molar-refractivity contribution in [3.05, 3.63) is 0 Å². The van der Waals surface area contributed by atoms with Crippen LogP contribution in [0.2, 0.25) is 0 Å². The van der Waals surface area contributed by atoms with E-state index in [1.54, 1.807) is 0 Å². The molecule has 0 aliphatic rings. The fourth-order valence-electron chi connectivity index (χ4n) is 0.329. The van der Waals surface area contributed by atoms with Crippen molar-refractivity contribution >= 4 is 28.4 Å². The van der Waals surface area contributed by atoms with Crippen LogP contribution >= 0.6 is 23.2 Å². The molecule has 0 N–H and O–H groups in total. The van der Waals surface area contributed by atoms with Crippen molar-refractivity contribution in [1.82, 2.24) is 0 Å². The smallest absolute Gasteiger partial charge is 0.221 e. The summed E-state index contributed by atoms with van der Waals surface area (Å²) in [6.45, 7) is 1.88. The van der Waals surface area contributed by atoms with Crippen LogP contribution in [0.15, 0.2) is 0 Å². The average molecular weight is 155 g/mol. The Balaban J connectivity index is 3.24. The first-order valence-corrected chi connectivity index (χ1v) is 3.32. The number of hydrogen-bond donors (Lipinski definition) is 0. The van der Waals surface area contributed by atoms with Crippen LogP contribution < -0.4 is 0 Å². The van der Waals surface area contributed by atoms with E-state index in [2.05, 4.69) is 0 Å². The van der Waals surface area contributed by atoms with Crippen molar-refractivity contribution < 1.29 is 4.79 Å². The number of alkyl halides is 1. The van der Waals surface area contributed by atoms with E-state index in [0.29, 0.717) is 12.3 Å². The third-order valence-electron chi connectivity index (χ3n) is 0.772. The Morgan fingerprint density at radius 3 is 2.38 bits per heavy atom. The fraction of sp³-hybridized carbons (Fsp3) is 0.800. The van der Waals surface area contributed by atoms with Crippen LogP contribution in [0.25, 0.3) is 0 Å². The first-order valence-electron chi connectivity index (χ1n) is 2.41. The molecule has 8 heavy (non-hydrogen) atoms. The Hall–Kier alpha value is 0.250. The molecular formula is C5H8Cl2O. The summed E-state index contributed by atoms with van der Waals surface area (Å²) in [5.41, 5.74) is 0. The molecule has 0 aliphatic carbocycles. The van der Waals surface area contributed by atoms with Crippen molar-refractivity contribution in [3.63, 3.8) is 0 Å². The molecule has 3 heteroatoms. The molecule has 1 atom stereocenters. The quantitative estimate of drug-likeness (QED) is 0.450. The van der Waals surface area contributed by atoms with E-state index in [1.165, 1.54) is 0 Å². The lowest BCUT2D eigenvalue weighted by Crippen LogP contribution is -2.00. The minimum atomic E-state index is -0.307. The summed E-state index contributed by atoms with van der Waals surface area (Å²) in [4.78, 5) is 10.1. The number of carbonyl (C=O) groups is 1. The van der Waals surface area contributed by atoms with E-state index in [0.717, 1.165) is 0 Å². The molecule has 0 aliphatic heterocycles. The third-order valence-corrected chi connectivity index (χ3v) is 1.45. The Morgan fingerprint density at radius 2 is 2.25 bits per heavy atom. The van der Waals surface area contributed by atoms with E-state index in [9.17, 15) is 4.79 Å². The summed E-state index contributed by atoms with van der Waals surface area (Å²) < 4.78 is 0. The van der Waals surface area contributed by atoms with E-state index < -0.39 is 0 Å². The summed E-state index contributed by atoms with van der Waals surface area (Å²) in [6, 6.07) is 0. The van der Waals surface area contributed by atoms with Gasteiger partial charge in [-0.15, -0.1) is 11.6 Å². The standard InChI is InChI=1S/C5H8Cl2O/c1-4(3-6)2-5(7)8/h4H,2-3H2,1H3. The third kappa shape index (κ3) is 4.41. The molecule has 0 aromatic rings. The minimum Gasteiger partial charge on any atom is -0.281 e. The average Bonchev–Trinajstić information content (AvgIpc) is 1.65. The molecule has 0 fully saturated rings. The topological polar surface area (TPSA) is 17.1 Å². The monoisotopic (exact) mass is 154 g/mol. The van der Waals surface area contributed by atoms with Gasteiger partial charge in [-0.3, -0.25) is 4.79 Å². The highest BCUT2D eigenvalue weighted by molar-refractivity contribution is 6.63. The van der Waals surface area contributed by atoms with Gasteiger partial charge in [0.1, 0.15) is 0 Å². The normalized spacial score (nSPS) is 13.4. The summed E-state index contributed by atoms with van der Waals surface area (Å²) in [6.07, 6.45) is 0.380. The Labute approximate surface area is 59.0 Å². The van der Waals surface area contributed by atoms with Crippen molar-refractivity contribution in [1.29, 1.82) is 0 Å². The molecule has 48 valence electrons. The summed E-state index contributed by atoms with van der Waals surface area (Å²) in [5.74, 6) is 0.708. The lowest BCUT2D eigenvalue weighted by atomic mass is 10.1. The lowest BCUT2D eigenvalue weighted by Gasteiger charge is -1.99. The van der Waals surface area contributed by atoms with Gasteiger partial charge in [0.05, 0.1) is 0 Å². The van der Waals surface area contributed by atoms with E-state index >= 15 is 0 Å². The molecule has 0 bridgehead atoms. The van der Waals surface area contributed by atoms with Crippen LogP contribution in [0.4, 0.5) is 0 Å². The Kier molecular flexibility index (Phi) is 4.29. The van der Waals surface area contributed by atoms with Gasteiger partial charge in [-0.1, -0.05) is 6.92 Å². The summed E-state index contributed by atoms with van der Waals surface area (Å²) in [5, 5.41) is -0.307. The molecule has 0 spiro atoms. The largest absolute Gasteiger partial charge is 0.281 e. The maximum atomic E-state index is 10.1. The molecular weight excluding hydrogens is 147 g/mol. The van der Waals surface area contributed by atoms with Crippen molar-refractivity contribution in [2.45, 2.75) is 13.3 Å². The van der Waals surface area contributed by atoms with Gasteiger partial charge in [0.2, 0.25) is 5.24 Å². The van der Waals surface area contributed by atoms with E-state index in [1.807, 2.05) is 6.92 Å². The molecule has 0 rings (SSSR count). The molecule has 0 saturated heterocycles. The second-order valence-corrected chi connectivity index (χ2v) is 2.55. The van der Waals surface area contributed by atoms with E-state index in [-0.39, 0.29) is 11.2 Å². The van der Waals surface area contributed by atoms with Crippen molar-refractivity contribution in [2.24, 2.45) is 5.92 Å². The molecule has 1 nitrogen and oxygen atoms in total. The second kappa shape index (κ2) is 4.16. The fourth-order valence-corrected chi connectivity index (χ4v) is 0.701. The first-order chi connectivity index (χ1) is 3.66. The minimum absolute atomic E-state index is 0.210. The maximum Gasteiger partial charge on any atom is 0.221 e. The molecule has 0 heterocycles. The Bertz CT molecular complexity index is 82.5. The highest BCUT2D eigenvalue weighted by Crippen LogP contribution is 2.05. The van der Waals surface area contributed by atoms with Gasteiger partial charge in [-0.25, -0.2) is 0 Å². The van der Waals surface area contributed by atoms with Crippen LogP contribution in [0.1, 0.15) is 13.3 Å². The number of carbonyl (C=O) groups excluding carboxylic acids is 1.